The summed E-state index contributed by atoms with van der Waals surface area (Å²) in [5, 5.41) is 3.07. The van der Waals surface area contributed by atoms with Crippen LogP contribution in [0.25, 0.3) is 0 Å². The molecule has 0 radical (unpaired) electrons. The van der Waals surface area contributed by atoms with Crippen LogP contribution < -0.4 is 11.1 Å². The summed E-state index contributed by atoms with van der Waals surface area (Å²) in [6.07, 6.45) is 0.673. The maximum atomic E-state index is 12.4. The van der Waals surface area contributed by atoms with Crippen molar-refractivity contribution in [2.45, 2.75) is 19.3 Å². The monoisotopic (exact) mass is 316 g/mol. The van der Waals surface area contributed by atoms with Gasteiger partial charge in [0.25, 0.3) is 0 Å². The van der Waals surface area contributed by atoms with Crippen LogP contribution in [0.15, 0.2) is 48.5 Å². The van der Waals surface area contributed by atoms with E-state index < -0.39 is 5.91 Å². The second-order valence-electron chi connectivity index (χ2n) is 4.92. The van der Waals surface area contributed by atoms with Crippen LogP contribution in [0.5, 0.6) is 0 Å². The predicted octanol–water partition coefficient (Wildman–Crippen LogP) is 3.57. The number of anilines is 1. The molecule has 0 saturated heterocycles. The minimum atomic E-state index is -0.629. The Morgan fingerprint density at radius 3 is 2.45 bits per heavy atom. The molecule has 0 aromatic heterocycles. The number of hydrogen-bond acceptors (Lipinski definition) is 2. The van der Waals surface area contributed by atoms with Crippen molar-refractivity contribution < 1.29 is 9.59 Å². The fraction of sp³-hybridized carbons (Fsp3) is 0.176. The van der Waals surface area contributed by atoms with Crippen molar-refractivity contribution >= 4 is 29.1 Å². The lowest BCUT2D eigenvalue weighted by Gasteiger charge is -2.16. The summed E-state index contributed by atoms with van der Waals surface area (Å²) in [5.74, 6) is -1.02. The molecular formula is C17H17ClN2O2. The van der Waals surface area contributed by atoms with Crippen LogP contribution >= 0.6 is 11.6 Å². The van der Waals surface area contributed by atoms with Gasteiger partial charge in [0.2, 0.25) is 11.8 Å². The van der Waals surface area contributed by atoms with Gasteiger partial charge in [-0.25, -0.2) is 0 Å². The minimum absolute atomic E-state index is 0.133. The third-order valence-electron chi connectivity index (χ3n) is 3.43. The fourth-order valence-corrected chi connectivity index (χ4v) is 2.49. The zero-order valence-electron chi connectivity index (χ0n) is 12.2. The van der Waals surface area contributed by atoms with Crippen molar-refractivity contribution in [2.24, 2.45) is 5.73 Å². The molecule has 1 unspecified atom stereocenters. The van der Waals surface area contributed by atoms with Gasteiger partial charge >= 0.3 is 0 Å². The molecular weight excluding hydrogens is 300 g/mol. The first-order chi connectivity index (χ1) is 10.5. The third-order valence-corrected chi connectivity index (χ3v) is 3.76. The lowest BCUT2D eigenvalue weighted by molar-refractivity contribution is -0.117. The molecule has 0 aliphatic heterocycles. The largest absolute Gasteiger partial charge is 0.366 e. The highest BCUT2D eigenvalue weighted by Crippen LogP contribution is 2.24. The maximum Gasteiger partial charge on any atom is 0.250 e. The molecule has 0 saturated carbocycles. The second-order valence-corrected chi connectivity index (χ2v) is 5.33. The Balaban J connectivity index is 2.21. The first-order valence-corrected chi connectivity index (χ1v) is 7.36. The van der Waals surface area contributed by atoms with Gasteiger partial charge in [0.05, 0.1) is 16.5 Å². The van der Waals surface area contributed by atoms with E-state index in [2.05, 4.69) is 5.32 Å². The summed E-state index contributed by atoms with van der Waals surface area (Å²) >= 11 is 5.90. The predicted molar refractivity (Wildman–Crippen MR) is 88.1 cm³/mol. The van der Waals surface area contributed by atoms with Crippen LogP contribution in [-0.4, -0.2) is 11.8 Å². The summed E-state index contributed by atoms with van der Waals surface area (Å²) in [6, 6.07) is 14.2. The van der Waals surface area contributed by atoms with Gasteiger partial charge in [-0.15, -0.1) is 0 Å². The van der Waals surface area contributed by atoms with Crippen molar-refractivity contribution in [1.82, 2.24) is 0 Å². The molecule has 1 atom stereocenters. The Morgan fingerprint density at radius 2 is 1.86 bits per heavy atom. The van der Waals surface area contributed by atoms with Gasteiger partial charge in [-0.05, 0) is 30.2 Å². The number of primary amides is 1. The van der Waals surface area contributed by atoms with Crippen LogP contribution in [-0.2, 0) is 4.79 Å². The fourth-order valence-electron chi connectivity index (χ4n) is 2.28. The molecule has 5 heteroatoms. The molecule has 114 valence electrons. The van der Waals surface area contributed by atoms with Crippen molar-refractivity contribution in [1.29, 1.82) is 0 Å². The van der Waals surface area contributed by atoms with Gasteiger partial charge in [-0.1, -0.05) is 48.9 Å². The van der Waals surface area contributed by atoms with Crippen LogP contribution in [0.2, 0.25) is 5.02 Å². The van der Waals surface area contributed by atoms with Gasteiger partial charge in [0.15, 0.2) is 0 Å². The van der Waals surface area contributed by atoms with Gasteiger partial charge in [0, 0.05) is 5.69 Å². The molecule has 2 rings (SSSR count). The number of nitrogens with two attached hydrogens (primary N) is 1. The number of amides is 2. The minimum Gasteiger partial charge on any atom is -0.366 e. The third kappa shape index (κ3) is 3.65. The van der Waals surface area contributed by atoms with Crippen LogP contribution in [0.4, 0.5) is 5.69 Å². The van der Waals surface area contributed by atoms with Gasteiger partial charge < -0.3 is 11.1 Å². The molecule has 2 aromatic carbocycles. The maximum absolute atomic E-state index is 12.4. The SMILES string of the molecule is CCC(C(=O)Nc1ccc(Cl)c(C(N)=O)c1)c1ccccc1. The van der Waals surface area contributed by atoms with Crippen molar-refractivity contribution in [2.75, 3.05) is 5.32 Å². The lowest BCUT2D eigenvalue weighted by atomic mass is 9.95. The molecule has 0 bridgehead atoms. The van der Waals surface area contributed by atoms with Gasteiger partial charge in [-0.2, -0.15) is 0 Å². The molecule has 0 aliphatic carbocycles. The van der Waals surface area contributed by atoms with E-state index in [1.165, 1.54) is 6.07 Å². The summed E-state index contributed by atoms with van der Waals surface area (Å²) < 4.78 is 0. The molecule has 2 amide bonds. The van der Waals surface area contributed by atoms with E-state index in [4.69, 9.17) is 17.3 Å². The quantitative estimate of drug-likeness (QED) is 0.885. The molecule has 3 N–H and O–H groups in total. The van der Waals surface area contributed by atoms with E-state index in [0.717, 1.165) is 5.56 Å². The Morgan fingerprint density at radius 1 is 1.18 bits per heavy atom. The Labute approximate surface area is 134 Å². The van der Waals surface area contributed by atoms with E-state index in [1.807, 2.05) is 37.3 Å². The van der Waals surface area contributed by atoms with Gasteiger partial charge in [-0.3, -0.25) is 9.59 Å². The Hall–Kier alpha value is -2.33. The van der Waals surface area contributed by atoms with E-state index in [-0.39, 0.29) is 22.4 Å². The first-order valence-electron chi connectivity index (χ1n) is 6.98. The van der Waals surface area contributed by atoms with E-state index in [9.17, 15) is 9.59 Å². The lowest BCUT2D eigenvalue weighted by Crippen LogP contribution is -2.21. The van der Waals surface area contributed by atoms with Crippen molar-refractivity contribution in [3.63, 3.8) is 0 Å². The standard InChI is InChI=1S/C17H17ClN2O2/c1-2-13(11-6-4-3-5-7-11)17(22)20-12-8-9-15(18)14(10-12)16(19)21/h3-10,13H,2H2,1H3,(H2,19,21)(H,20,22). The highest BCUT2D eigenvalue weighted by molar-refractivity contribution is 6.34. The number of nitrogens with one attached hydrogen (secondary N) is 1. The van der Waals surface area contributed by atoms with E-state index in [1.54, 1.807) is 12.1 Å². The number of benzene rings is 2. The highest BCUT2D eigenvalue weighted by Gasteiger charge is 2.19. The van der Waals surface area contributed by atoms with Crippen LogP contribution in [0, 0.1) is 0 Å². The summed E-state index contributed by atoms with van der Waals surface area (Å²) in [6.45, 7) is 1.95. The molecule has 0 heterocycles. The zero-order chi connectivity index (χ0) is 16.1. The summed E-state index contributed by atoms with van der Waals surface area (Å²) in [4.78, 5) is 23.7. The number of halogens is 1. The van der Waals surface area contributed by atoms with E-state index in [0.29, 0.717) is 12.1 Å². The number of hydrogen-bond donors (Lipinski definition) is 2. The molecule has 0 spiro atoms. The van der Waals surface area contributed by atoms with Crippen LogP contribution in [0.3, 0.4) is 0 Å². The zero-order valence-corrected chi connectivity index (χ0v) is 12.9. The normalized spacial score (nSPS) is 11.7. The molecule has 4 nitrogen and oxygen atoms in total. The number of rotatable bonds is 5. The van der Waals surface area contributed by atoms with Crippen molar-refractivity contribution in [3.05, 3.63) is 64.7 Å². The average molecular weight is 317 g/mol. The smallest absolute Gasteiger partial charge is 0.250 e. The van der Waals surface area contributed by atoms with E-state index >= 15 is 0 Å². The molecule has 2 aromatic rings. The van der Waals surface area contributed by atoms with Crippen LogP contribution in [0.1, 0.15) is 35.2 Å². The van der Waals surface area contributed by atoms with Gasteiger partial charge in [0.1, 0.15) is 0 Å². The summed E-state index contributed by atoms with van der Waals surface area (Å²) in [5.41, 5.74) is 6.89. The Bertz CT molecular complexity index is 686. The summed E-state index contributed by atoms with van der Waals surface area (Å²) in [7, 11) is 0. The average Bonchev–Trinajstić information content (AvgIpc) is 2.51. The molecule has 0 fully saturated rings. The molecule has 0 aliphatic rings. The topological polar surface area (TPSA) is 72.2 Å². The number of carbonyl (C=O) groups is 2. The molecule has 22 heavy (non-hydrogen) atoms. The Kier molecular flexibility index (Phi) is 5.17. The first kappa shape index (κ1) is 16.0. The van der Waals surface area contributed by atoms with Crippen molar-refractivity contribution in [3.8, 4) is 0 Å². The highest BCUT2D eigenvalue weighted by atomic mass is 35.5. The second kappa shape index (κ2) is 7.09. The number of carbonyl (C=O) groups excluding carboxylic acids is 2.